The summed E-state index contributed by atoms with van der Waals surface area (Å²) < 4.78 is 7.56. The van der Waals surface area contributed by atoms with Crippen molar-refractivity contribution in [3.63, 3.8) is 0 Å². The maximum Gasteiger partial charge on any atom is 0.410 e. The molecule has 0 fully saturated rings. The fraction of sp³-hybridized carbons (Fsp3) is 0.706. The zero-order valence-electron chi connectivity index (χ0n) is 14.7. The summed E-state index contributed by atoms with van der Waals surface area (Å²) in [6.45, 7) is 13.9. The molecular weight excluding hydrogens is 278 g/mol. The number of carbonyl (C=O) groups is 1. The molecule has 1 amide bonds. The molecule has 22 heavy (non-hydrogen) atoms. The molecule has 126 valence electrons. The van der Waals surface area contributed by atoms with Crippen LogP contribution in [0.2, 0.25) is 0 Å². The Kier molecular flexibility index (Phi) is 7.45. The first-order chi connectivity index (χ1) is 10.4. The molecule has 1 N–H and O–H groups in total. The lowest BCUT2D eigenvalue weighted by Gasteiger charge is -2.26. The number of aryl methyl sites for hydroxylation is 1. The first-order valence-corrected chi connectivity index (χ1v) is 8.19. The van der Waals surface area contributed by atoms with Crippen LogP contribution in [0.25, 0.3) is 0 Å². The van der Waals surface area contributed by atoms with E-state index in [-0.39, 0.29) is 6.09 Å². The Hall–Kier alpha value is -1.49. The second kappa shape index (κ2) is 8.83. The highest BCUT2D eigenvalue weighted by Gasteiger charge is 2.20. The van der Waals surface area contributed by atoms with Gasteiger partial charge in [-0.2, -0.15) is 0 Å². The molecule has 0 aliphatic rings. The van der Waals surface area contributed by atoms with Gasteiger partial charge < -0.3 is 19.5 Å². The van der Waals surface area contributed by atoms with Crippen LogP contribution in [0.4, 0.5) is 4.79 Å². The molecule has 0 aliphatic heterocycles. The lowest BCUT2D eigenvalue weighted by atomic mass is 10.2. The number of ether oxygens (including phenoxy) is 1. The van der Waals surface area contributed by atoms with Crippen LogP contribution < -0.4 is 5.32 Å². The van der Waals surface area contributed by atoms with Crippen molar-refractivity contribution in [1.82, 2.24) is 14.8 Å². The van der Waals surface area contributed by atoms with E-state index < -0.39 is 5.60 Å². The third-order valence-electron chi connectivity index (χ3n) is 3.32. The number of rotatable bonds is 8. The largest absolute Gasteiger partial charge is 0.444 e. The molecule has 0 aliphatic carbocycles. The molecule has 1 rings (SSSR count). The van der Waals surface area contributed by atoms with Gasteiger partial charge in [-0.05, 0) is 59.2 Å². The Morgan fingerprint density at radius 2 is 2.09 bits per heavy atom. The van der Waals surface area contributed by atoms with Gasteiger partial charge in [-0.3, -0.25) is 0 Å². The van der Waals surface area contributed by atoms with Crippen LogP contribution in [-0.2, 0) is 17.8 Å². The van der Waals surface area contributed by atoms with E-state index >= 15 is 0 Å². The molecule has 0 saturated heterocycles. The van der Waals surface area contributed by atoms with Gasteiger partial charge in [0.25, 0.3) is 0 Å². The van der Waals surface area contributed by atoms with E-state index in [1.54, 1.807) is 4.90 Å². The lowest BCUT2D eigenvalue weighted by molar-refractivity contribution is 0.0258. The minimum Gasteiger partial charge on any atom is -0.444 e. The molecule has 1 aromatic heterocycles. The predicted molar refractivity (Wildman–Crippen MR) is 89.9 cm³/mol. The van der Waals surface area contributed by atoms with E-state index in [1.807, 2.05) is 27.7 Å². The van der Waals surface area contributed by atoms with Crippen molar-refractivity contribution in [2.24, 2.45) is 0 Å². The van der Waals surface area contributed by atoms with Gasteiger partial charge in [0, 0.05) is 38.6 Å². The third kappa shape index (κ3) is 6.98. The summed E-state index contributed by atoms with van der Waals surface area (Å²) in [4.78, 5) is 13.7. The average Bonchev–Trinajstić information content (AvgIpc) is 2.88. The van der Waals surface area contributed by atoms with Crippen molar-refractivity contribution >= 4 is 6.09 Å². The summed E-state index contributed by atoms with van der Waals surface area (Å²) in [5, 5.41) is 3.41. The minimum atomic E-state index is -0.435. The maximum atomic E-state index is 12.0. The van der Waals surface area contributed by atoms with Crippen LogP contribution in [0.1, 0.15) is 46.6 Å². The number of nitrogens with one attached hydrogen (secondary N) is 1. The molecule has 5 heteroatoms. The Labute approximate surface area is 134 Å². The maximum absolute atomic E-state index is 12.0. The molecule has 0 spiro atoms. The lowest BCUT2D eigenvalue weighted by Crippen LogP contribution is -2.38. The van der Waals surface area contributed by atoms with Crippen LogP contribution in [0.3, 0.4) is 0 Å². The molecule has 0 atom stereocenters. The summed E-state index contributed by atoms with van der Waals surface area (Å²) in [6, 6.07) is 2.13. The van der Waals surface area contributed by atoms with Crippen LogP contribution in [-0.4, -0.2) is 40.8 Å². The number of hydrogen-bond acceptors (Lipinski definition) is 3. The average molecular weight is 309 g/mol. The van der Waals surface area contributed by atoms with E-state index in [0.29, 0.717) is 13.1 Å². The summed E-state index contributed by atoms with van der Waals surface area (Å²) in [7, 11) is 0. The van der Waals surface area contributed by atoms with E-state index in [4.69, 9.17) is 4.74 Å². The van der Waals surface area contributed by atoms with E-state index in [9.17, 15) is 4.79 Å². The second-order valence-corrected chi connectivity index (χ2v) is 6.44. The summed E-state index contributed by atoms with van der Waals surface area (Å²) in [6.07, 6.45) is 4.95. The standard InChI is InChI=1S/C17H31N3O2/c1-6-19-12-9-15(14-19)13-18-10-8-11-20(7-2)16(21)22-17(3,4)5/h9,12,14,18H,6-8,10-11,13H2,1-5H3. The van der Waals surface area contributed by atoms with Crippen LogP contribution >= 0.6 is 0 Å². The SMILES string of the molecule is CCN(CCCNCc1ccn(CC)c1)C(=O)OC(C)(C)C. The van der Waals surface area contributed by atoms with Gasteiger partial charge in [-0.25, -0.2) is 4.79 Å². The highest BCUT2D eigenvalue weighted by molar-refractivity contribution is 5.68. The number of hydrogen-bond donors (Lipinski definition) is 1. The highest BCUT2D eigenvalue weighted by Crippen LogP contribution is 2.10. The fourth-order valence-corrected chi connectivity index (χ4v) is 2.12. The first kappa shape index (κ1) is 18.6. The van der Waals surface area contributed by atoms with Crippen molar-refractivity contribution in [1.29, 1.82) is 0 Å². The normalized spacial score (nSPS) is 11.5. The van der Waals surface area contributed by atoms with E-state index in [0.717, 1.165) is 26.1 Å². The van der Waals surface area contributed by atoms with Crippen molar-refractivity contribution in [2.75, 3.05) is 19.6 Å². The molecule has 1 aromatic rings. The Balaban J connectivity index is 2.22. The van der Waals surface area contributed by atoms with Crippen LogP contribution in [0.15, 0.2) is 18.5 Å². The molecular formula is C17H31N3O2. The zero-order valence-corrected chi connectivity index (χ0v) is 14.7. The van der Waals surface area contributed by atoms with Gasteiger partial charge in [-0.15, -0.1) is 0 Å². The van der Waals surface area contributed by atoms with Gasteiger partial charge >= 0.3 is 6.09 Å². The van der Waals surface area contributed by atoms with E-state index in [2.05, 4.69) is 35.3 Å². The van der Waals surface area contributed by atoms with Crippen molar-refractivity contribution in [3.8, 4) is 0 Å². The monoisotopic (exact) mass is 309 g/mol. The van der Waals surface area contributed by atoms with Gasteiger partial charge in [0.1, 0.15) is 5.60 Å². The zero-order chi connectivity index (χ0) is 16.6. The Bertz CT molecular complexity index is 449. The summed E-state index contributed by atoms with van der Waals surface area (Å²) >= 11 is 0. The molecule has 0 bridgehead atoms. The van der Waals surface area contributed by atoms with Crippen LogP contribution in [0, 0.1) is 0 Å². The first-order valence-electron chi connectivity index (χ1n) is 8.19. The van der Waals surface area contributed by atoms with Gasteiger partial charge in [-0.1, -0.05) is 0 Å². The van der Waals surface area contributed by atoms with Crippen LogP contribution in [0.5, 0.6) is 0 Å². The second-order valence-electron chi connectivity index (χ2n) is 6.44. The summed E-state index contributed by atoms with van der Waals surface area (Å²) in [5.41, 5.74) is 0.858. The Morgan fingerprint density at radius 3 is 2.64 bits per heavy atom. The third-order valence-corrected chi connectivity index (χ3v) is 3.32. The van der Waals surface area contributed by atoms with Crippen molar-refractivity contribution in [2.45, 2.75) is 59.7 Å². The molecule has 0 radical (unpaired) electrons. The Morgan fingerprint density at radius 1 is 1.36 bits per heavy atom. The van der Waals surface area contributed by atoms with Crippen molar-refractivity contribution in [3.05, 3.63) is 24.0 Å². The molecule has 0 aromatic carbocycles. The molecule has 0 unspecified atom stereocenters. The number of carbonyl (C=O) groups excluding carboxylic acids is 1. The van der Waals surface area contributed by atoms with Gasteiger partial charge in [0.05, 0.1) is 0 Å². The highest BCUT2D eigenvalue weighted by atomic mass is 16.6. The number of nitrogens with zero attached hydrogens (tertiary/aromatic N) is 2. The quantitative estimate of drug-likeness (QED) is 0.750. The smallest absolute Gasteiger partial charge is 0.410 e. The predicted octanol–water partition coefficient (Wildman–Crippen LogP) is 3.24. The molecule has 5 nitrogen and oxygen atoms in total. The van der Waals surface area contributed by atoms with Gasteiger partial charge in [0.15, 0.2) is 0 Å². The molecule has 1 heterocycles. The molecule has 0 saturated carbocycles. The van der Waals surface area contributed by atoms with Crippen molar-refractivity contribution < 1.29 is 9.53 Å². The van der Waals surface area contributed by atoms with E-state index in [1.165, 1.54) is 5.56 Å². The fourth-order valence-electron chi connectivity index (χ4n) is 2.12. The number of aromatic nitrogens is 1. The minimum absolute atomic E-state index is 0.227. The van der Waals surface area contributed by atoms with Gasteiger partial charge in [0.2, 0.25) is 0 Å². The number of amides is 1. The summed E-state index contributed by atoms with van der Waals surface area (Å²) in [5.74, 6) is 0. The topological polar surface area (TPSA) is 46.5 Å².